The number of allylic oxidation sites excluding steroid dienone is 2. The van der Waals surface area contributed by atoms with Gasteiger partial charge in [-0.3, -0.25) is 19.4 Å². The van der Waals surface area contributed by atoms with Crippen LogP contribution in [0.1, 0.15) is 69.5 Å². The summed E-state index contributed by atoms with van der Waals surface area (Å²) in [4.78, 5) is 31.5. The van der Waals surface area contributed by atoms with Crippen LogP contribution in [-0.4, -0.2) is 68.8 Å². The van der Waals surface area contributed by atoms with Gasteiger partial charge in [0.05, 0.1) is 24.5 Å². The number of nitrogens with zero attached hydrogens (tertiary/aromatic N) is 2. The predicted molar refractivity (Wildman–Crippen MR) is 160 cm³/mol. The number of benzene rings is 1. The van der Waals surface area contributed by atoms with Gasteiger partial charge in [0.25, 0.3) is 0 Å². The molecule has 1 aromatic carbocycles. The molecule has 8 heteroatoms. The number of likely N-dealkylation sites (tertiary alicyclic amines) is 2. The fourth-order valence-corrected chi connectivity index (χ4v) is 7.25. The molecule has 3 heterocycles. The number of aliphatic hydroxyl groups excluding tert-OH is 3. The Hall–Kier alpha value is -3.04. The van der Waals surface area contributed by atoms with E-state index < -0.39 is 23.9 Å². The Balaban J connectivity index is 1.25. The Bertz CT molecular complexity index is 1310. The second-order valence-electron chi connectivity index (χ2n) is 12.1. The Morgan fingerprint density at radius 1 is 1.07 bits per heavy atom. The summed E-state index contributed by atoms with van der Waals surface area (Å²) in [6, 6.07) is 13.7. The van der Waals surface area contributed by atoms with E-state index >= 15 is 0 Å². The molecule has 0 bridgehead atoms. The van der Waals surface area contributed by atoms with Crippen LogP contribution >= 0.6 is 0 Å². The highest BCUT2D eigenvalue weighted by molar-refractivity contribution is 6.06. The molecule has 8 nitrogen and oxygen atoms in total. The fraction of sp³-hybridized carbons (Fsp3) is 0.529. The van der Waals surface area contributed by atoms with Crippen LogP contribution in [0.15, 0.2) is 63.6 Å². The van der Waals surface area contributed by atoms with Gasteiger partial charge in [-0.15, -0.1) is 0 Å². The number of imide groups is 1. The minimum atomic E-state index is -0.816. The number of rotatable bonds is 11. The van der Waals surface area contributed by atoms with E-state index in [9.17, 15) is 24.9 Å². The molecule has 42 heavy (non-hydrogen) atoms. The zero-order chi connectivity index (χ0) is 29.8. The summed E-state index contributed by atoms with van der Waals surface area (Å²) in [5.74, 6) is -0.797. The molecule has 4 atom stereocenters. The summed E-state index contributed by atoms with van der Waals surface area (Å²) in [5, 5.41) is 31.2. The molecule has 0 saturated carbocycles. The molecule has 226 valence electrons. The van der Waals surface area contributed by atoms with Crippen molar-refractivity contribution in [3.63, 3.8) is 0 Å². The second-order valence-corrected chi connectivity index (χ2v) is 12.1. The largest absolute Gasteiger partial charge is 0.459 e. The molecule has 0 unspecified atom stereocenters. The molecule has 2 aliphatic heterocycles. The average molecular weight is 577 g/mol. The molecule has 5 rings (SSSR count). The van der Waals surface area contributed by atoms with Crippen LogP contribution in [0.2, 0.25) is 0 Å². The minimum absolute atomic E-state index is 0.107. The highest BCUT2D eigenvalue weighted by atomic mass is 16.4. The lowest BCUT2D eigenvalue weighted by Gasteiger charge is -2.37. The van der Waals surface area contributed by atoms with Crippen LogP contribution in [0.25, 0.3) is 6.08 Å². The maximum atomic E-state index is 13.9. The number of fused-ring (bicyclic) bond motifs is 1. The normalized spacial score (nSPS) is 24.9. The predicted octanol–water partition coefficient (Wildman–Crippen LogP) is 4.30. The Labute approximate surface area is 248 Å². The Kier molecular flexibility index (Phi) is 9.78. The third-order valence-electron chi connectivity index (χ3n) is 9.41. The summed E-state index contributed by atoms with van der Waals surface area (Å²) in [7, 11) is 0. The number of piperidine rings is 1. The van der Waals surface area contributed by atoms with Crippen molar-refractivity contribution >= 4 is 17.9 Å². The molecule has 1 aliphatic carbocycles. The lowest BCUT2D eigenvalue weighted by atomic mass is 9.67. The average Bonchev–Trinajstić information content (AvgIpc) is 3.56. The summed E-state index contributed by atoms with van der Waals surface area (Å²) < 4.78 is 5.55. The molecule has 1 aromatic heterocycles. The standard InChI is InChI=1S/C34H44N2O6/c1-3-24-18-28-32(29(21-38)31(24)30(39)12-9-22(2)17-26-10-11-27(20-37)42-26)34(41)36(33(28)40)25-13-15-35(16-14-25)19-23-7-5-4-6-8-23/h4-8,10-11,17,25,28-30,32,37-39H,3,9,12-16,18-21H2,1-2H3/b22-17+/t28-,29+,30-,32-/m1/s1. The van der Waals surface area contributed by atoms with Crippen LogP contribution in [-0.2, 0) is 22.7 Å². The molecule has 2 aromatic rings. The van der Waals surface area contributed by atoms with Crippen molar-refractivity contribution in [3.8, 4) is 0 Å². The summed E-state index contributed by atoms with van der Waals surface area (Å²) in [6.07, 6.45) is 4.74. The Morgan fingerprint density at radius 3 is 2.45 bits per heavy atom. The number of carbonyl (C=O) groups is 2. The molecule has 2 amide bonds. The van der Waals surface area contributed by atoms with Crippen molar-refractivity contribution < 1.29 is 29.3 Å². The minimum Gasteiger partial charge on any atom is -0.459 e. The van der Waals surface area contributed by atoms with Crippen LogP contribution in [0, 0.1) is 17.8 Å². The molecule has 0 spiro atoms. The van der Waals surface area contributed by atoms with Crippen molar-refractivity contribution in [2.24, 2.45) is 17.8 Å². The van der Waals surface area contributed by atoms with Crippen molar-refractivity contribution in [1.29, 1.82) is 0 Å². The fourth-order valence-electron chi connectivity index (χ4n) is 7.25. The number of furan rings is 1. The van der Waals surface area contributed by atoms with Crippen LogP contribution in [0.5, 0.6) is 0 Å². The van der Waals surface area contributed by atoms with E-state index in [-0.39, 0.29) is 31.1 Å². The van der Waals surface area contributed by atoms with E-state index in [1.165, 1.54) is 10.5 Å². The molecule has 3 N–H and O–H groups in total. The Morgan fingerprint density at radius 2 is 1.81 bits per heavy atom. The molecule has 2 saturated heterocycles. The SMILES string of the molecule is CCC1=C([C@H](O)CC/C(C)=C/c2ccc(CO)o2)[C@H](CO)[C@@H]2C(=O)N(C3CCN(Cc4ccccc4)CC3)C(=O)[C@@H]2C1. The van der Waals surface area contributed by atoms with Gasteiger partial charge < -0.3 is 19.7 Å². The van der Waals surface area contributed by atoms with Crippen LogP contribution in [0.4, 0.5) is 0 Å². The third kappa shape index (κ3) is 6.32. The van der Waals surface area contributed by atoms with Crippen molar-refractivity contribution in [1.82, 2.24) is 9.80 Å². The van der Waals surface area contributed by atoms with Gasteiger partial charge in [0.15, 0.2) is 0 Å². The van der Waals surface area contributed by atoms with Crippen LogP contribution < -0.4 is 0 Å². The lowest BCUT2D eigenvalue weighted by Crippen LogP contribution is -2.47. The van der Waals surface area contributed by atoms with Gasteiger partial charge in [0.1, 0.15) is 18.1 Å². The summed E-state index contributed by atoms with van der Waals surface area (Å²) >= 11 is 0. The van der Waals surface area contributed by atoms with Gasteiger partial charge in [-0.2, -0.15) is 0 Å². The summed E-state index contributed by atoms with van der Waals surface area (Å²) in [6.45, 7) is 6.05. The smallest absolute Gasteiger partial charge is 0.234 e. The molecule has 3 aliphatic rings. The van der Waals surface area contributed by atoms with E-state index in [0.29, 0.717) is 37.2 Å². The van der Waals surface area contributed by atoms with E-state index in [1.807, 2.05) is 38.1 Å². The zero-order valence-electron chi connectivity index (χ0n) is 24.7. The highest BCUT2D eigenvalue weighted by Crippen LogP contribution is 2.48. The van der Waals surface area contributed by atoms with Gasteiger partial charge in [0, 0.05) is 31.6 Å². The van der Waals surface area contributed by atoms with E-state index in [2.05, 4.69) is 17.0 Å². The number of aliphatic hydroxyl groups is 3. The van der Waals surface area contributed by atoms with Gasteiger partial charge in [-0.05, 0) is 74.8 Å². The second kappa shape index (κ2) is 13.5. The first kappa shape index (κ1) is 30.4. The first-order chi connectivity index (χ1) is 20.3. The lowest BCUT2D eigenvalue weighted by molar-refractivity contribution is -0.144. The quantitative estimate of drug-likeness (QED) is 0.270. The number of amides is 2. The zero-order valence-corrected chi connectivity index (χ0v) is 24.7. The number of hydrogen-bond donors (Lipinski definition) is 3. The number of hydrogen-bond acceptors (Lipinski definition) is 7. The third-order valence-corrected chi connectivity index (χ3v) is 9.41. The van der Waals surface area contributed by atoms with Gasteiger partial charge in [0.2, 0.25) is 11.8 Å². The monoisotopic (exact) mass is 576 g/mol. The molecule has 2 fully saturated rings. The molecule has 0 radical (unpaired) electrons. The number of carbonyl (C=O) groups excluding carboxylic acids is 2. The van der Waals surface area contributed by atoms with Gasteiger partial charge >= 0.3 is 0 Å². The highest BCUT2D eigenvalue weighted by Gasteiger charge is 2.56. The van der Waals surface area contributed by atoms with Crippen molar-refractivity contribution in [2.45, 2.75) is 77.7 Å². The maximum absolute atomic E-state index is 13.9. The van der Waals surface area contributed by atoms with Gasteiger partial charge in [-0.25, -0.2) is 0 Å². The maximum Gasteiger partial charge on any atom is 0.234 e. The summed E-state index contributed by atoms with van der Waals surface area (Å²) in [5.41, 5.74) is 4.00. The van der Waals surface area contributed by atoms with Gasteiger partial charge in [-0.1, -0.05) is 48.4 Å². The van der Waals surface area contributed by atoms with E-state index in [1.54, 1.807) is 12.1 Å². The first-order valence-electron chi connectivity index (χ1n) is 15.3. The topological polar surface area (TPSA) is 114 Å². The van der Waals surface area contributed by atoms with E-state index in [4.69, 9.17) is 4.42 Å². The van der Waals surface area contributed by atoms with Crippen molar-refractivity contribution in [3.05, 3.63) is 76.3 Å². The van der Waals surface area contributed by atoms with Crippen molar-refractivity contribution in [2.75, 3.05) is 19.7 Å². The first-order valence-corrected chi connectivity index (χ1v) is 15.3. The molecular formula is C34H44N2O6. The van der Waals surface area contributed by atoms with Crippen LogP contribution in [0.3, 0.4) is 0 Å². The van der Waals surface area contributed by atoms with E-state index in [0.717, 1.165) is 49.2 Å². The molecular weight excluding hydrogens is 532 g/mol.